The molecule has 0 amide bonds. The zero-order valence-electron chi connectivity index (χ0n) is 12.4. The molecular weight excluding hydrogens is 369 g/mol. The molecule has 5 nitrogen and oxygen atoms in total. The first-order chi connectivity index (χ1) is 11.5. The highest BCUT2D eigenvalue weighted by atomic mass is 35.5. The van der Waals surface area contributed by atoms with Gasteiger partial charge in [0.25, 0.3) is 0 Å². The molecule has 0 aliphatic carbocycles. The number of aromatic nitrogens is 2. The lowest BCUT2D eigenvalue weighted by molar-refractivity contribution is 0.580. The molecule has 0 unspecified atom stereocenters. The molecule has 1 N–H and O–H groups in total. The van der Waals surface area contributed by atoms with Crippen LogP contribution in [0.15, 0.2) is 65.7 Å². The van der Waals surface area contributed by atoms with Gasteiger partial charge in [0.2, 0.25) is 10.0 Å². The van der Waals surface area contributed by atoms with E-state index >= 15 is 0 Å². The summed E-state index contributed by atoms with van der Waals surface area (Å²) in [7, 11) is -3.70. The number of hydrogen-bond acceptors (Lipinski definition) is 3. The monoisotopic (exact) mass is 381 g/mol. The van der Waals surface area contributed by atoms with Crippen molar-refractivity contribution < 1.29 is 8.42 Å². The Morgan fingerprint density at radius 1 is 1.00 bits per heavy atom. The molecule has 3 aromatic rings. The molecule has 8 heteroatoms. The fraction of sp³-hybridized carbons (Fsp3) is 0.0625. The number of nitrogens with one attached hydrogen (secondary N) is 1. The van der Waals surface area contributed by atoms with Gasteiger partial charge in [0.15, 0.2) is 0 Å². The lowest BCUT2D eigenvalue weighted by Gasteiger charge is -2.06. The van der Waals surface area contributed by atoms with Gasteiger partial charge in [-0.3, -0.25) is 0 Å². The van der Waals surface area contributed by atoms with Crippen molar-refractivity contribution in [2.24, 2.45) is 0 Å². The standard InChI is InChI=1S/C16H13Cl2N3O2S/c17-15-7-6-14(10-16(15)18)24(22,23)19-11-12-8-9-21(20-12)13-4-2-1-3-5-13/h1-10,19H,11H2. The van der Waals surface area contributed by atoms with Gasteiger partial charge in [-0.05, 0) is 36.4 Å². The molecule has 0 aliphatic rings. The van der Waals surface area contributed by atoms with Crippen LogP contribution in [-0.2, 0) is 16.6 Å². The van der Waals surface area contributed by atoms with Crippen LogP contribution in [0.1, 0.15) is 5.69 Å². The van der Waals surface area contributed by atoms with Gasteiger partial charge < -0.3 is 0 Å². The highest BCUT2D eigenvalue weighted by Gasteiger charge is 2.16. The first-order valence-corrected chi connectivity index (χ1v) is 9.24. The molecule has 3 rings (SSSR count). The topological polar surface area (TPSA) is 64.0 Å². The zero-order valence-corrected chi connectivity index (χ0v) is 14.7. The molecule has 124 valence electrons. The SMILES string of the molecule is O=S(=O)(NCc1ccn(-c2ccccc2)n1)c1ccc(Cl)c(Cl)c1. The Labute approximate surface area is 149 Å². The zero-order chi connectivity index (χ0) is 17.2. The molecule has 0 radical (unpaired) electrons. The van der Waals surface area contributed by atoms with Crippen LogP contribution >= 0.6 is 23.2 Å². The summed E-state index contributed by atoms with van der Waals surface area (Å²) in [6.45, 7) is 0.0718. The summed E-state index contributed by atoms with van der Waals surface area (Å²) in [6.07, 6.45) is 1.78. The predicted octanol–water partition coefficient (Wildman–Crippen LogP) is 3.66. The van der Waals surface area contributed by atoms with Crippen molar-refractivity contribution >= 4 is 33.2 Å². The van der Waals surface area contributed by atoms with Crippen molar-refractivity contribution in [2.75, 3.05) is 0 Å². The summed E-state index contributed by atoms with van der Waals surface area (Å²) in [4.78, 5) is 0.0550. The summed E-state index contributed by atoms with van der Waals surface area (Å²) in [5, 5.41) is 4.84. The summed E-state index contributed by atoms with van der Waals surface area (Å²) in [5.41, 5.74) is 1.50. The van der Waals surface area contributed by atoms with Crippen LogP contribution in [0.5, 0.6) is 0 Å². The lowest BCUT2D eigenvalue weighted by Crippen LogP contribution is -2.23. The van der Waals surface area contributed by atoms with Gasteiger partial charge >= 0.3 is 0 Å². The second-order valence-electron chi connectivity index (χ2n) is 4.99. The number of para-hydroxylation sites is 1. The van der Waals surface area contributed by atoms with Crippen LogP contribution in [-0.4, -0.2) is 18.2 Å². The Morgan fingerprint density at radius 2 is 1.75 bits per heavy atom. The van der Waals surface area contributed by atoms with E-state index in [1.54, 1.807) is 16.9 Å². The third-order valence-electron chi connectivity index (χ3n) is 3.31. The molecule has 0 saturated heterocycles. The number of halogens is 2. The highest BCUT2D eigenvalue weighted by molar-refractivity contribution is 7.89. The van der Waals surface area contributed by atoms with E-state index in [-0.39, 0.29) is 16.5 Å². The van der Waals surface area contributed by atoms with E-state index in [0.29, 0.717) is 10.7 Å². The maximum Gasteiger partial charge on any atom is 0.240 e. The van der Waals surface area contributed by atoms with Gasteiger partial charge in [0.05, 0.1) is 32.9 Å². The fourth-order valence-electron chi connectivity index (χ4n) is 2.08. The molecule has 0 bridgehead atoms. The molecule has 2 aromatic carbocycles. The highest BCUT2D eigenvalue weighted by Crippen LogP contribution is 2.24. The number of benzene rings is 2. The third-order valence-corrected chi connectivity index (χ3v) is 5.45. The Kier molecular flexibility index (Phi) is 4.91. The van der Waals surface area contributed by atoms with Crippen LogP contribution in [0.4, 0.5) is 0 Å². The van der Waals surface area contributed by atoms with Crippen molar-refractivity contribution in [3.63, 3.8) is 0 Å². The van der Waals surface area contributed by atoms with E-state index in [9.17, 15) is 8.42 Å². The van der Waals surface area contributed by atoms with E-state index in [1.165, 1.54) is 18.2 Å². The maximum atomic E-state index is 12.3. The van der Waals surface area contributed by atoms with E-state index in [0.717, 1.165) is 5.69 Å². The Bertz CT molecular complexity index is 956. The summed E-state index contributed by atoms with van der Waals surface area (Å²) in [5.74, 6) is 0. The Morgan fingerprint density at radius 3 is 2.46 bits per heavy atom. The summed E-state index contributed by atoms with van der Waals surface area (Å²) < 4.78 is 28.8. The molecule has 0 aliphatic heterocycles. The first-order valence-electron chi connectivity index (χ1n) is 7.00. The van der Waals surface area contributed by atoms with E-state index < -0.39 is 10.0 Å². The van der Waals surface area contributed by atoms with Crippen molar-refractivity contribution in [3.8, 4) is 5.69 Å². The number of nitrogens with zero attached hydrogens (tertiary/aromatic N) is 2. The van der Waals surface area contributed by atoms with Gasteiger partial charge in [-0.2, -0.15) is 5.10 Å². The molecule has 24 heavy (non-hydrogen) atoms. The third kappa shape index (κ3) is 3.79. The molecule has 1 aromatic heterocycles. The number of rotatable bonds is 5. The van der Waals surface area contributed by atoms with Crippen LogP contribution < -0.4 is 4.72 Å². The molecule has 0 fully saturated rings. The van der Waals surface area contributed by atoms with E-state index in [2.05, 4.69) is 9.82 Å². The number of hydrogen-bond donors (Lipinski definition) is 1. The van der Waals surface area contributed by atoms with Crippen molar-refractivity contribution in [3.05, 3.63) is 76.5 Å². The van der Waals surface area contributed by atoms with Crippen LogP contribution in [0.2, 0.25) is 10.0 Å². The quantitative estimate of drug-likeness (QED) is 0.733. The van der Waals surface area contributed by atoms with Crippen LogP contribution in [0.3, 0.4) is 0 Å². The van der Waals surface area contributed by atoms with Gasteiger partial charge in [0, 0.05) is 6.20 Å². The minimum Gasteiger partial charge on any atom is -0.241 e. The largest absolute Gasteiger partial charge is 0.241 e. The first kappa shape index (κ1) is 17.0. The van der Waals surface area contributed by atoms with Gasteiger partial charge in [-0.1, -0.05) is 41.4 Å². The Hall–Kier alpha value is -1.86. The van der Waals surface area contributed by atoms with Gasteiger partial charge in [-0.15, -0.1) is 0 Å². The van der Waals surface area contributed by atoms with Crippen molar-refractivity contribution in [1.29, 1.82) is 0 Å². The maximum absolute atomic E-state index is 12.3. The van der Waals surface area contributed by atoms with Crippen molar-refractivity contribution in [2.45, 2.75) is 11.4 Å². The summed E-state index contributed by atoms with van der Waals surface area (Å²) >= 11 is 11.7. The second-order valence-corrected chi connectivity index (χ2v) is 7.57. The second kappa shape index (κ2) is 6.94. The van der Waals surface area contributed by atoms with E-state index in [1.807, 2.05) is 30.3 Å². The van der Waals surface area contributed by atoms with E-state index in [4.69, 9.17) is 23.2 Å². The molecular formula is C16H13Cl2N3O2S. The fourth-order valence-corrected chi connectivity index (χ4v) is 3.46. The average molecular weight is 382 g/mol. The van der Waals surface area contributed by atoms with Gasteiger partial charge in [0.1, 0.15) is 0 Å². The predicted molar refractivity (Wildman–Crippen MR) is 94.1 cm³/mol. The van der Waals surface area contributed by atoms with Crippen LogP contribution in [0, 0.1) is 0 Å². The van der Waals surface area contributed by atoms with Gasteiger partial charge in [-0.25, -0.2) is 17.8 Å². The minimum atomic E-state index is -3.70. The smallest absolute Gasteiger partial charge is 0.240 e. The molecule has 0 atom stereocenters. The van der Waals surface area contributed by atoms with Crippen molar-refractivity contribution in [1.82, 2.24) is 14.5 Å². The molecule has 0 spiro atoms. The molecule has 0 saturated carbocycles. The minimum absolute atomic E-state index is 0.0550. The average Bonchev–Trinajstić information content (AvgIpc) is 3.05. The normalized spacial score (nSPS) is 11.6. The Balaban J connectivity index is 1.73. The molecule has 1 heterocycles. The van der Waals surface area contributed by atoms with Crippen LogP contribution in [0.25, 0.3) is 5.69 Å². The summed E-state index contributed by atoms with van der Waals surface area (Å²) in [6, 6.07) is 15.5. The number of sulfonamides is 1. The lowest BCUT2D eigenvalue weighted by atomic mass is 10.3.